The van der Waals surface area contributed by atoms with Crippen molar-refractivity contribution >= 4 is 0 Å². The van der Waals surface area contributed by atoms with Crippen LogP contribution in [0.1, 0.15) is 24.2 Å². The molecule has 106 valence electrons. The second-order valence-corrected chi connectivity index (χ2v) is 4.91. The average Bonchev–Trinajstić information content (AvgIpc) is 3.17. The number of methoxy groups -OCH3 is 1. The molecule has 0 atom stereocenters. The Bertz CT molecular complexity index is 550. The van der Waals surface area contributed by atoms with Crippen LogP contribution in [0.15, 0.2) is 35.0 Å². The zero-order chi connectivity index (χ0) is 13.8. The highest BCUT2D eigenvalue weighted by molar-refractivity contribution is 5.43. The van der Waals surface area contributed by atoms with Gasteiger partial charge in [0.05, 0.1) is 13.3 Å². The van der Waals surface area contributed by atoms with Crippen molar-refractivity contribution in [2.75, 3.05) is 7.11 Å². The topological polar surface area (TPSA) is 56.5 Å². The second-order valence-electron chi connectivity index (χ2n) is 4.91. The van der Waals surface area contributed by atoms with Crippen LogP contribution < -0.4 is 14.8 Å². The molecule has 1 heterocycles. The quantitative estimate of drug-likeness (QED) is 0.840. The van der Waals surface area contributed by atoms with Crippen molar-refractivity contribution in [3.8, 4) is 11.5 Å². The lowest BCUT2D eigenvalue weighted by Gasteiger charge is -2.11. The smallest absolute Gasteiger partial charge is 0.174 e. The Morgan fingerprint density at radius 1 is 1.30 bits per heavy atom. The van der Waals surface area contributed by atoms with Crippen LogP contribution in [0, 0.1) is 0 Å². The summed E-state index contributed by atoms with van der Waals surface area (Å²) in [6.07, 6.45) is 4.17. The van der Waals surface area contributed by atoms with Gasteiger partial charge in [0.1, 0.15) is 6.61 Å². The summed E-state index contributed by atoms with van der Waals surface area (Å²) < 4.78 is 16.1. The van der Waals surface area contributed by atoms with Gasteiger partial charge in [-0.1, -0.05) is 11.2 Å². The minimum Gasteiger partial charge on any atom is -0.493 e. The molecule has 0 bridgehead atoms. The lowest BCUT2D eigenvalue weighted by atomic mass is 10.2. The summed E-state index contributed by atoms with van der Waals surface area (Å²) in [5, 5.41) is 7.14. The van der Waals surface area contributed by atoms with Crippen molar-refractivity contribution in [1.29, 1.82) is 0 Å². The van der Waals surface area contributed by atoms with Crippen LogP contribution in [-0.2, 0) is 13.2 Å². The zero-order valence-corrected chi connectivity index (χ0v) is 11.5. The van der Waals surface area contributed by atoms with Crippen molar-refractivity contribution in [2.24, 2.45) is 0 Å². The molecule has 1 aliphatic carbocycles. The Hall–Kier alpha value is -2.01. The number of benzene rings is 1. The monoisotopic (exact) mass is 274 g/mol. The van der Waals surface area contributed by atoms with E-state index in [9.17, 15) is 0 Å². The molecule has 0 unspecified atom stereocenters. The van der Waals surface area contributed by atoms with Crippen molar-refractivity contribution in [3.05, 3.63) is 41.8 Å². The molecule has 0 saturated heterocycles. The van der Waals surface area contributed by atoms with Crippen LogP contribution in [0.5, 0.6) is 11.5 Å². The molecule has 1 aliphatic rings. The highest BCUT2D eigenvalue weighted by atomic mass is 16.5. The highest BCUT2D eigenvalue weighted by Gasteiger charge is 2.20. The molecule has 1 aromatic carbocycles. The zero-order valence-electron chi connectivity index (χ0n) is 11.5. The molecule has 1 fully saturated rings. The maximum Gasteiger partial charge on any atom is 0.174 e. The van der Waals surface area contributed by atoms with Crippen LogP contribution in [0.2, 0.25) is 0 Å². The SMILES string of the molecule is COc1ccc(CNC2CC2)cc1OCc1ccno1. The third kappa shape index (κ3) is 3.30. The largest absolute Gasteiger partial charge is 0.493 e. The number of aromatic nitrogens is 1. The number of nitrogens with one attached hydrogen (secondary N) is 1. The molecule has 0 aliphatic heterocycles. The van der Waals surface area contributed by atoms with Crippen molar-refractivity contribution in [3.63, 3.8) is 0 Å². The Kier molecular flexibility index (Phi) is 3.87. The van der Waals surface area contributed by atoms with Gasteiger partial charge in [-0.3, -0.25) is 0 Å². The molecule has 0 radical (unpaired) electrons. The van der Waals surface area contributed by atoms with Crippen molar-refractivity contribution in [2.45, 2.75) is 32.0 Å². The number of nitrogens with zero attached hydrogens (tertiary/aromatic N) is 1. The Balaban J connectivity index is 1.66. The van der Waals surface area contributed by atoms with E-state index >= 15 is 0 Å². The first-order chi connectivity index (χ1) is 9.85. The van der Waals surface area contributed by atoms with Gasteiger partial charge in [0, 0.05) is 18.7 Å². The molecule has 5 heteroatoms. The fourth-order valence-corrected chi connectivity index (χ4v) is 1.96. The van der Waals surface area contributed by atoms with Gasteiger partial charge in [-0.2, -0.15) is 0 Å². The van der Waals surface area contributed by atoms with E-state index in [0.717, 1.165) is 18.0 Å². The predicted octanol–water partition coefficient (Wildman–Crippen LogP) is 2.51. The lowest BCUT2D eigenvalue weighted by Crippen LogP contribution is -2.15. The van der Waals surface area contributed by atoms with E-state index < -0.39 is 0 Å². The minimum atomic E-state index is 0.343. The van der Waals surface area contributed by atoms with Crippen LogP contribution >= 0.6 is 0 Å². The first kappa shape index (κ1) is 13.0. The summed E-state index contributed by atoms with van der Waals surface area (Å²) in [6, 6.07) is 8.46. The third-order valence-electron chi connectivity index (χ3n) is 3.26. The fraction of sp³-hybridized carbons (Fsp3) is 0.400. The van der Waals surface area contributed by atoms with Gasteiger partial charge in [-0.25, -0.2) is 0 Å². The molecule has 1 saturated carbocycles. The van der Waals surface area contributed by atoms with Gasteiger partial charge < -0.3 is 19.3 Å². The fourth-order valence-electron chi connectivity index (χ4n) is 1.96. The van der Waals surface area contributed by atoms with Crippen molar-refractivity contribution < 1.29 is 14.0 Å². The molecular formula is C15H18N2O3. The molecule has 1 aromatic heterocycles. The number of ether oxygens (including phenoxy) is 2. The first-order valence-electron chi connectivity index (χ1n) is 6.78. The van der Waals surface area contributed by atoms with E-state index in [1.165, 1.54) is 18.4 Å². The van der Waals surface area contributed by atoms with Crippen LogP contribution in [0.4, 0.5) is 0 Å². The van der Waals surface area contributed by atoms with Gasteiger partial charge in [0.25, 0.3) is 0 Å². The molecule has 0 amide bonds. The standard InChI is InChI=1S/C15H18N2O3/c1-18-14-5-2-11(9-16-12-3-4-12)8-15(14)19-10-13-6-7-17-20-13/h2,5-8,12,16H,3-4,9-10H2,1H3. The number of hydrogen-bond acceptors (Lipinski definition) is 5. The van der Waals surface area contributed by atoms with Gasteiger partial charge >= 0.3 is 0 Å². The van der Waals surface area contributed by atoms with Gasteiger partial charge in [-0.15, -0.1) is 0 Å². The van der Waals surface area contributed by atoms with E-state index in [2.05, 4.69) is 16.5 Å². The van der Waals surface area contributed by atoms with E-state index in [-0.39, 0.29) is 0 Å². The van der Waals surface area contributed by atoms with Gasteiger partial charge in [-0.05, 0) is 30.5 Å². The van der Waals surface area contributed by atoms with Crippen LogP contribution in [0.25, 0.3) is 0 Å². The van der Waals surface area contributed by atoms with E-state index in [1.807, 2.05) is 12.1 Å². The first-order valence-corrected chi connectivity index (χ1v) is 6.78. The molecule has 20 heavy (non-hydrogen) atoms. The summed E-state index contributed by atoms with van der Waals surface area (Å²) in [4.78, 5) is 0. The minimum absolute atomic E-state index is 0.343. The summed E-state index contributed by atoms with van der Waals surface area (Å²) >= 11 is 0. The normalized spacial score (nSPS) is 14.2. The van der Waals surface area contributed by atoms with Gasteiger partial charge in [0.2, 0.25) is 0 Å². The maximum atomic E-state index is 5.75. The second kappa shape index (κ2) is 5.96. The molecule has 2 aromatic rings. The summed E-state index contributed by atoms with van der Waals surface area (Å²) in [6.45, 7) is 1.20. The summed E-state index contributed by atoms with van der Waals surface area (Å²) in [5.74, 6) is 2.13. The van der Waals surface area contributed by atoms with Crippen LogP contribution in [0.3, 0.4) is 0 Å². The Labute approximate surface area is 117 Å². The molecular weight excluding hydrogens is 256 g/mol. The third-order valence-corrected chi connectivity index (χ3v) is 3.26. The predicted molar refractivity (Wildman–Crippen MR) is 73.7 cm³/mol. The summed E-state index contributed by atoms with van der Waals surface area (Å²) in [7, 11) is 1.64. The number of hydrogen-bond donors (Lipinski definition) is 1. The maximum absolute atomic E-state index is 5.75. The highest BCUT2D eigenvalue weighted by Crippen LogP contribution is 2.29. The Morgan fingerprint density at radius 3 is 2.90 bits per heavy atom. The van der Waals surface area contributed by atoms with E-state index in [0.29, 0.717) is 18.4 Å². The average molecular weight is 274 g/mol. The van der Waals surface area contributed by atoms with E-state index in [1.54, 1.807) is 19.4 Å². The lowest BCUT2D eigenvalue weighted by molar-refractivity contribution is 0.239. The summed E-state index contributed by atoms with van der Waals surface area (Å²) in [5.41, 5.74) is 1.19. The molecule has 0 spiro atoms. The molecule has 5 nitrogen and oxygen atoms in total. The van der Waals surface area contributed by atoms with Gasteiger partial charge in [0.15, 0.2) is 17.3 Å². The number of rotatable bonds is 7. The molecule has 3 rings (SSSR count). The Morgan fingerprint density at radius 2 is 2.20 bits per heavy atom. The van der Waals surface area contributed by atoms with Crippen LogP contribution in [-0.4, -0.2) is 18.3 Å². The van der Waals surface area contributed by atoms with E-state index in [4.69, 9.17) is 14.0 Å². The van der Waals surface area contributed by atoms with Crippen molar-refractivity contribution in [1.82, 2.24) is 10.5 Å². The molecule has 1 N–H and O–H groups in total.